The minimum Gasteiger partial charge on any atom is -0.449 e. The number of aromatic nitrogens is 1. The number of halogens is 3. The number of nitrogens with one attached hydrogen (secondary N) is 1. The molecule has 1 atom stereocenters. The Balaban J connectivity index is 2.25. The molecule has 0 aliphatic heterocycles. The van der Waals surface area contributed by atoms with Crippen LogP contribution in [-0.4, -0.2) is 41.0 Å². The Morgan fingerprint density at radius 2 is 2.12 bits per heavy atom. The van der Waals surface area contributed by atoms with Crippen LogP contribution in [0.25, 0.3) is 0 Å². The van der Waals surface area contributed by atoms with Crippen molar-refractivity contribution in [3.63, 3.8) is 0 Å². The van der Waals surface area contributed by atoms with E-state index in [2.05, 4.69) is 16.6 Å². The summed E-state index contributed by atoms with van der Waals surface area (Å²) < 4.78 is 45.9. The Morgan fingerprint density at radius 3 is 2.76 bits per heavy atom. The number of pyridine rings is 1. The lowest BCUT2D eigenvalue weighted by atomic mass is 10.1. The van der Waals surface area contributed by atoms with Gasteiger partial charge in [0.15, 0.2) is 17.3 Å². The summed E-state index contributed by atoms with van der Waals surface area (Å²) in [6, 6.07) is 8.65. The van der Waals surface area contributed by atoms with E-state index < -0.39 is 35.4 Å². The molecule has 10 heteroatoms. The van der Waals surface area contributed by atoms with E-state index in [1.807, 2.05) is 0 Å². The number of hydrogen-bond donors (Lipinski definition) is 1. The number of hydrogen-bond acceptors (Lipinski definition) is 5. The van der Waals surface area contributed by atoms with Crippen LogP contribution in [0, 0.1) is 24.1 Å². The summed E-state index contributed by atoms with van der Waals surface area (Å²) in [5.74, 6) is -2.70. The average molecular weight is 460 g/mol. The molecular weight excluding hydrogens is 437 g/mol. The van der Waals surface area contributed by atoms with Crippen LogP contribution in [0.1, 0.15) is 30.2 Å². The van der Waals surface area contributed by atoms with Crippen molar-refractivity contribution in [3.8, 4) is 11.8 Å². The quantitative estimate of drug-likeness (QED) is 0.253. The molecule has 0 saturated carbocycles. The van der Waals surface area contributed by atoms with Gasteiger partial charge in [0.2, 0.25) is 0 Å². The first-order valence-corrected chi connectivity index (χ1v) is 9.88. The Kier molecular flexibility index (Phi) is 8.56. The lowest BCUT2D eigenvalue weighted by Gasteiger charge is -2.19. The number of aryl methyl sites for hydroxylation is 1. The molecule has 0 fully saturated rings. The van der Waals surface area contributed by atoms with Gasteiger partial charge in [0.05, 0.1) is 18.4 Å². The maximum atomic E-state index is 14.3. The number of carbonyl (C=O) groups is 1. The Labute approximate surface area is 188 Å². The first-order valence-electron chi connectivity index (χ1n) is 9.88. The van der Waals surface area contributed by atoms with Crippen molar-refractivity contribution in [1.29, 1.82) is 5.26 Å². The zero-order chi connectivity index (χ0) is 24.6. The third kappa shape index (κ3) is 7.07. The average Bonchev–Trinajstić information content (AvgIpc) is 2.78. The van der Waals surface area contributed by atoms with Crippen LogP contribution < -0.4 is 10.3 Å². The van der Waals surface area contributed by atoms with Crippen molar-refractivity contribution < 1.29 is 22.7 Å². The van der Waals surface area contributed by atoms with Gasteiger partial charge in [-0.2, -0.15) is 5.26 Å². The summed E-state index contributed by atoms with van der Waals surface area (Å²) in [6.07, 6.45) is 0.837. The van der Waals surface area contributed by atoms with E-state index in [4.69, 9.17) is 10.00 Å². The molecule has 1 aromatic carbocycles. The minimum absolute atomic E-state index is 0.128. The molecule has 1 heterocycles. The summed E-state index contributed by atoms with van der Waals surface area (Å²) in [6.45, 7) is 4.74. The van der Waals surface area contributed by atoms with Gasteiger partial charge in [-0.3, -0.25) is 19.5 Å². The van der Waals surface area contributed by atoms with Crippen LogP contribution in [0.4, 0.5) is 13.2 Å². The molecule has 1 N–H and O–H groups in total. The van der Waals surface area contributed by atoms with Crippen molar-refractivity contribution in [1.82, 2.24) is 9.88 Å². The van der Waals surface area contributed by atoms with Crippen molar-refractivity contribution >= 4 is 12.2 Å². The molecule has 1 unspecified atom stereocenters. The number of nitriles is 1. The second kappa shape index (κ2) is 11.1. The first kappa shape index (κ1) is 25.4. The van der Waals surface area contributed by atoms with Gasteiger partial charge < -0.3 is 9.72 Å². The van der Waals surface area contributed by atoms with E-state index in [-0.39, 0.29) is 36.4 Å². The van der Waals surface area contributed by atoms with Crippen LogP contribution in [-0.2, 0) is 11.3 Å². The second-order valence-corrected chi connectivity index (χ2v) is 7.50. The molecule has 0 bridgehead atoms. The van der Waals surface area contributed by atoms with E-state index in [1.54, 1.807) is 19.1 Å². The van der Waals surface area contributed by atoms with Crippen LogP contribution in [0.15, 0.2) is 52.5 Å². The van der Waals surface area contributed by atoms with E-state index in [0.29, 0.717) is 5.69 Å². The predicted octanol–water partition coefficient (Wildman–Crippen LogP) is 3.73. The second-order valence-electron chi connectivity index (χ2n) is 7.50. The van der Waals surface area contributed by atoms with Gasteiger partial charge in [0, 0.05) is 24.2 Å². The van der Waals surface area contributed by atoms with Gasteiger partial charge in [0.1, 0.15) is 18.4 Å². The van der Waals surface area contributed by atoms with Crippen LogP contribution in [0.5, 0.6) is 5.75 Å². The smallest absolute Gasteiger partial charge is 0.294 e. The third-order valence-corrected chi connectivity index (χ3v) is 4.56. The molecule has 0 saturated heterocycles. The Hall–Kier alpha value is -3.87. The van der Waals surface area contributed by atoms with Crippen molar-refractivity contribution in [2.75, 3.05) is 13.2 Å². The zero-order valence-electron chi connectivity index (χ0n) is 18.2. The molecule has 2 rings (SSSR count). The summed E-state index contributed by atoms with van der Waals surface area (Å²) in [4.78, 5) is 32.7. The summed E-state index contributed by atoms with van der Waals surface area (Å²) in [5, 5.41) is 8.94. The van der Waals surface area contributed by atoms with E-state index in [0.717, 1.165) is 18.2 Å². The van der Waals surface area contributed by atoms with Gasteiger partial charge in [-0.05, 0) is 38.1 Å². The fourth-order valence-corrected chi connectivity index (χ4v) is 2.61. The number of carbonyl (C=O) groups excluding carboxylic acids is 1. The molecule has 1 amide bonds. The molecular formula is C23H23F3N4O3. The highest BCUT2D eigenvalue weighted by Gasteiger charge is 2.23. The van der Waals surface area contributed by atoms with Gasteiger partial charge in [0.25, 0.3) is 11.5 Å². The highest BCUT2D eigenvalue weighted by atomic mass is 19.2. The number of ether oxygens (including phenoxy) is 1. The van der Waals surface area contributed by atoms with Crippen LogP contribution in [0.2, 0.25) is 0 Å². The molecule has 0 radical (unpaired) electrons. The minimum atomic E-state index is -2.06. The number of amides is 1. The molecule has 2 aromatic rings. The molecule has 1 aromatic heterocycles. The topological polar surface area (TPSA) is 98.5 Å². The first-order chi connectivity index (χ1) is 15.6. The van der Waals surface area contributed by atoms with Crippen LogP contribution >= 0.6 is 0 Å². The summed E-state index contributed by atoms with van der Waals surface area (Å²) in [5.41, 5.74) is -1.95. The van der Waals surface area contributed by atoms with Crippen molar-refractivity contribution in [3.05, 3.63) is 75.7 Å². The monoisotopic (exact) mass is 460 g/mol. The van der Waals surface area contributed by atoms with E-state index in [9.17, 15) is 22.8 Å². The van der Waals surface area contributed by atoms with Gasteiger partial charge in [-0.1, -0.05) is 12.6 Å². The van der Waals surface area contributed by atoms with Gasteiger partial charge in [-0.25, -0.2) is 13.2 Å². The highest BCUT2D eigenvalue weighted by Crippen LogP contribution is 2.22. The summed E-state index contributed by atoms with van der Waals surface area (Å²) >= 11 is 0. The fourth-order valence-electron chi connectivity index (χ4n) is 2.61. The highest BCUT2D eigenvalue weighted by molar-refractivity contribution is 5.98. The predicted molar refractivity (Wildman–Crippen MR) is 117 cm³/mol. The number of aliphatic imine (C=N–C) groups is 1. The standard InChI is InChI=1S/C23H23F3N4O3/c1-15-7-8-18(21(31)29-15)12-30(14-28-10-9-23(3,26)13-24)22(32)16(2)33-19-6-4-5-17(11-27)20(19)25/h4-8,14H,2,9-10,12-13H2,1,3H3,(H,29,31). The Bertz CT molecular complexity index is 1150. The summed E-state index contributed by atoms with van der Waals surface area (Å²) in [7, 11) is 0. The SMILES string of the molecule is C=C(Oc1cccc(C#N)c1F)C(=O)N(C=NCCC(C)(F)CF)Cc1ccc(C)[nH]c1=O. The molecule has 33 heavy (non-hydrogen) atoms. The zero-order valence-corrected chi connectivity index (χ0v) is 18.2. The molecule has 7 nitrogen and oxygen atoms in total. The number of aromatic amines is 1. The maximum Gasteiger partial charge on any atom is 0.294 e. The van der Waals surface area contributed by atoms with Crippen LogP contribution in [0.3, 0.4) is 0 Å². The molecule has 174 valence electrons. The molecule has 0 aliphatic rings. The van der Waals surface area contributed by atoms with E-state index in [1.165, 1.54) is 24.3 Å². The normalized spacial score (nSPS) is 12.7. The maximum absolute atomic E-state index is 14.3. The van der Waals surface area contributed by atoms with Crippen molar-refractivity contribution in [2.24, 2.45) is 4.99 Å². The van der Waals surface area contributed by atoms with Gasteiger partial charge >= 0.3 is 0 Å². The fraction of sp³-hybridized carbons (Fsp3) is 0.304. The third-order valence-electron chi connectivity index (χ3n) is 4.56. The number of H-pyrrole nitrogens is 1. The molecule has 0 spiro atoms. The Morgan fingerprint density at radius 1 is 1.39 bits per heavy atom. The lowest BCUT2D eigenvalue weighted by molar-refractivity contribution is -0.125. The number of alkyl halides is 2. The number of nitrogens with zero attached hydrogens (tertiary/aromatic N) is 3. The van der Waals surface area contributed by atoms with Gasteiger partial charge in [-0.15, -0.1) is 0 Å². The lowest BCUT2D eigenvalue weighted by Crippen LogP contribution is -2.34. The number of benzene rings is 1. The molecule has 0 aliphatic carbocycles. The largest absolute Gasteiger partial charge is 0.449 e. The van der Waals surface area contributed by atoms with Crippen molar-refractivity contribution in [2.45, 2.75) is 32.5 Å². The number of rotatable bonds is 10. The van der Waals surface area contributed by atoms with E-state index >= 15 is 0 Å².